The fourth-order valence-electron chi connectivity index (χ4n) is 1.38. The van der Waals surface area contributed by atoms with Gasteiger partial charge in [0.05, 0.1) is 0 Å². The monoisotopic (exact) mass is 206 g/mol. The first-order valence-corrected chi connectivity index (χ1v) is 5.16. The number of esters is 1. The van der Waals surface area contributed by atoms with Crippen molar-refractivity contribution in [3.8, 4) is 5.06 Å². The lowest BCUT2D eigenvalue weighted by Crippen LogP contribution is -1.98. The minimum atomic E-state index is -0.269. The van der Waals surface area contributed by atoms with Crippen molar-refractivity contribution in [2.75, 3.05) is 0 Å². The summed E-state index contributed by atoms with van der Waals surface area (Å²) in [5.41, 5.74) is 1.21. The number of benzene rings is 1. The molecular weight excluding hydrogens is 196 g/mol. The summed E-state index contributed by atoms with van der Waals surface area (Å²) in [6.45, 7) is 3.47. The summed E-state index contributed by atoms with van der Waals surface area (Å²) in [5, 5.41) is 1.80. The van der Waals surface area contributed by atoms with Crippen LogP contribution in [0.3, 0.4) is 0 Å². The Morgan fingerprint density at radius 3 is 2.86 bits per heavy atom. The molecule has 0 N–H and O–H groups in total. The molecule has 0 saturated heterocycles. The Kier molecular flexibility index (Phi) is 2.25. The van der Waals surface area contributed by atoms with Crippen LogP contribution in [0.2, 0.25) is 0 Å². The molecule has 0 spiro atoms. The van der Waals surface area contributed by atoms with E-state index in [0.29, 0.717) is 5.06 Å². The topological polar surface area (TPSA) is 26.3 Å². The summed E-state index contributed by atoms with van der Waals surface area (Å²) in [6, 6.07) is 7.97. The SMILES string of the molecule is CC(=O)Oc1cc2cccc(C)c2s1. The number of hydrogen-bond donors (Lipinski definition) is 0. The van der Waals surface area contributed by atoms with Gasteiger partial charge in [0.25, 0.3) is 0 Å². The molecular formula is C11H10O2S. The third-order valence-corrected chi connectivity index (χ3v) is 3.13. The van der Waals surface area contributed by atoms with Crippen molar-refractivity contribution in [3.05, 3.63) is 29.8 Å². The molecule has 3 heteroatoms. The highest BCUT2D eigenvalue weighted by molar-refractivity contribution is 7.21. The first kappa shape index (κ1) is 9.21. The standard InChI is InChI=1S/C11H10O2S/c1-7-4-3-5-9-6-10(13-8(2)12)14-11(7)9/h3-6H,1-2H3. The predicted molar refractivity (Wildman–Crippen MR) is 57.9 cm³/mol. The second-order valence-corrected chi connectivity index (χ2v) is 4.17. The minimum absolute atomic E-state index is 0.269. The molecule has 2 rings (SSSR count). The van der Waals surface area contributed by atoms with Crippen LogP contribution >= 0.6 is 11.3 Å². The number of thiophene rings is 1. The zero-order chi connectivity index (χ0) is 10.1. The van der Waals surface area contributed by atoms with Crippen LogP contribution in [0.1, 0.15) is 12.5 Å². The van der Waals surface area contributed by atoms with E-state index < -0.39 is 0 Å². The molecule has 14 heavy (non-hydrogen) atoms. The molecule has 2 nitrogen and oxygen atoms in total. The van der Waals surface area contributed by atoms with E-state index in [0.717, 1.165) is 5.39 Å². The van der Waals surface area contributed by atoms with Gasteiger partial charge in [-0.1, -0.05) is 29.5 Å². The number of hydrogen-bond acceptors (Lipinski definition) is 3. The van der Waals surface area contributed by atoms with Gasteiger partial charge in [-0.25, -0.2) is 0 Å². The summed E-state index contributed by atoms with van der Waals surface area (Å²) in [5.74, 6) is -0.269. The van der Waals surface area contributed by atoms with Crippen molar-refractivity contribution in [3.63, 3.8) is 0 Å². The van der Waals surface area contributed by atoms with E-state index in [9.17, 15) is 4.79 Å². The molecule has 1 aromatic carbocycles. The van der Waals surface area contributed by atoms with E-state index in [-0.39, 0.29) is 5.97 Å². The number of carbonyl (C=O) groups is 1. The van der Waals surface area contributed by atoms with Crippen LogP contribution in [-0.2, 0) is 4.79 Å². The van der Waals surface area contributed by atoms with Gasteiger partial charge in [0, 0.05) is 17.7 Å². The summed E-state index contributed by atoms with van der Waals surface area (Å²) in [7, 11) is 0. The van der Waals surface area contributed by atoms with Gasteiger partial charge in [-0.3, -0.25) is 4.79 Å². The Balaban J connectivity index is 2.51. The molecule has 0 saturated carbocycles. The smallest absolute Gasteiger partial charge is 0.308 e. The van der Waals surface area contributed by atoms with E-state index in [1.807, 2.05) is 18.2 Å². The van der Waals surface area contributed by atoms with Crippen LogP contribution < -0.4 is 4.74 Å². The Bertz CT molecular complexity index is 485. The number of ether oxygens (including phenoxy) is 1. The average molecular weight is 206 g/mol. The van der Waals surface area contributed by atoms with E-state index in [1.54, 1.807) is 0 Å². The quantitative estimate of drug-likeness (QED) is 0.670. The summed E-state index contributed by atoms with van der Waals surface area (Å²) in [6.07, 6.45) is 0. The summed E-state index contributed by atoms with van der Waals surface area (Å²) < 4.78 is 6.22. The Morgan fingerprint density at radius 2 is 2.21 bits per heavy atom. The molecule has 1 heterocycles. The van der Waals surface area contributed by atoms with Gasteiger partial charge in [0.1, 0.15) is 0 Å². The van der Waals surface area contributed by atoms with Gasteiger partial charge in [-0.15, -0.1) is 0 Å². The molecule has 72 valence electrons. The van der Waals surface area contributed by atoms with Crippen LogP contribution in [-0.4, -0.2) is 5.97 Å². The first-order chi connectivity index (χ1) is 6.66. The number of aryl methyl sites for hydroxylation is 1. The van der Waals surface area contributed by atoms with Gasteiger partial charge in [0.15, 0.2) is 5.06 Å². The number of rotatable bonds is 1. The van der Waals surface area contributed by atoms with E-state index in [2.05, 4.69) is 13.0 Å². The molecule has 1 aromatic heterocycles. The maximum atomic E-state index is 10.8. The maximum Gasteiger partial charge on any atom is 0.308 e. The zero-order valence-electron chi connectivity index (χ0n) is 8.03. The van der Waals surface area contributed by atoms with Crippen molar-refractivity contribution in [2.45, 2.75) is 13.8 Å². The molecule has 0 bridgehead atoms. The van der Waals surface area contributed by atoms with Gasteiger partial charge >= 0.3 is 5.97 Å². The molecule has 0 aliphatic rings. The minimum Gasteiger partial charge on any atom is -0.416 e. The normalized spacial score (nSPS) is 10.4. The lowest BCUT2D eigenvalue weighted by Gasteiger charge is -1.93. The third-order valence-electron chi connectivity index (χ3n) is 1.96. The van der Waals surface area contributed by atoms with Gasteiger partial charge in [0.2, 0.25) is 0 Å². The van der Waals surface area contributed by atoms with Crippen molar-refractivity contribution < 1.29 is 9.53 Å². The number of carbonyl (C=O) groups excluding carboxylic acids is 1. The van der Waals surface area contributed by atoms with Crippen LogP contribution in [0.4, 0.5) is 0 Å². The van der Waals surface area contributed by atoms with Crippen molar-refractivity contribution in [1.82, 2.24) is 0 Å². The Morgan fingerprint density at radius 1 is 1.43 bits per heavy atom. The highest BCUT2D eigenvalue weighted by Crippen LogP contribution is 2.33. The van der Waals surface area contributed by atoms with Crippen molar-refractivity contribution >= 4 is 27.4 Å². The Hall–Kier alpha value is -1.35. The molecule has 0 aliphatic heterocycles. The highest BCUT2D eigenvalue weighted by Gasteiger charge is 2.05. The number of fused-ring (bicyclic) bond motifs is 1. The second kappa shape index (κ2) is 3.42. The lowest BCUT2D eigenvalue weighted by atomic mass is 10.2. The summed E-state index contributed by atoms with van der Waals surface area (Å²) >= 11 is 1.51. The van der Waals surface area contributed by atoms with Crippen LogP contribution in [0.15, 0.2) is 24.3 Å². The van der Waals surface area contributed by atoms with Crippen LogP contribution in [0.5, 0.6) is 5.06 Å². The van der Waals surface area contributed by atoms with Crippen LogP contribution in [0, 0.1) is 6.92 Å². The van der Waals surface area contributed by atoms with Crippen LogP contribution in [0.25, 0.3) is 10.1 Å². The molecule has 0 unspecified atom stereocenters. The molecule has 0 fully saturated rings. The predicted octanol–water partition coefficient (Wildman–Crippen LogP) is 3.14. The fraction of sp³-hybridized carbons (Fsp3) is 0.182. The van der Waals surface area contributed by atoms with Crippen molar-refractivity contribution in [1.29, 1.82) is 0 Å². The molecule has 0 radical (unpaired) electrons. The fourth-order valence-corrected chi connectivity index (χ4v) is 2.40. The first-order valence-electron chi connectivity index (χ1n) is 4.34. The maximum absolute atomic E-state index is 10.8. The van der Waals surface area contributed by atoms with E-state index in [1.165, 1.54) is 28.5 Å². The molecule has 0 atom stereocenters. The zero-order valence-corrected chi connectivity index (χ0v) is 8.85. The van der Waals surface area contributed by atoms with E-state index >= 15 is 0 Å². The lowest BCUT2D eigenvalue weighted by molar-refractivity contribution is -0.131. The van der Waals surface area contributed by atoms with Crippen molar-refractivity contribution in [2.24, 2.45) is 0 Å². The third kappa shape index (κ3) is 1.63. The Labute approximate surface area is 86.1 Å². The molecule has 0 aliphatic carbocycles. The van der Waals surface area contributed by atoms with E-state index in [4.69, 9.17) is 4.74 Å². The largest absolute Gasteiger partial charge is 0.416 e. The highest BCUT2D eigenvalue weighted by atomic mass is 32.1. The average Bonchev–Trinajstić information content (AvgIpc) is 2.47. The van der Waals surface area contributed by atoms with Gasteiger partial charge < -0.3 is 4.74 Å². The second-order valence-electron chi connectivity index (χ2n) is 3.15. The summed E-state index contributed by atoms with van der Waals surface area (Å²) in [4.78, 5) is 10.8. The molecule has 0 amide bonds. The van der Waals surface area contributed by atoms with Gasteiger partial charge in [-0.05, 0) is 17.9 Å². The van der Waals surface area contributed by atoms with Gasteiger partial charge in [-0.2, -0.15) is 0 Å². The molecule has 2 aromatic rings.